The van der Waals surface area contributed by atoms with E-state index in [4.69, 9.17) is 10.5 Å². The summed E-state index contributed by atoms with van der Waals surface area (Å²) in [7, 11) is 1.66. The Morgan fingerprint density at radius 2 is 2.06 bits per heavy atom. The molecule has 0 aliphatic rings. The Morgan fingerprint density at radius 3 is 2.65 bits per heavy atom. The molecule has 0 aromatic carbocycles. The van der Waals surface area contributed by atoms with Gasteiger partial charge in [-0.3, -0.25) is 0 Å². The van der Waals surface area contributed by atoms with Gasteiger partial charge in [0.05, 0.1) is 6.61 Å². The van der Waals surface area contributed by atoms with Gasteiger partial charge in [0.1, 0.15) is 12.0 Å². The maximum absolute atomic E-state index is 6.05. The number of anilines is 3. The molecule has 0 bridgehead atoms. The van der Waals surface area contributed by atoms with E-state index in [0.29, 0.717) is 24.7 Å². The molecule has 0 saturated heterocycles. The van der Waals surface area contributed by atoms with Crippen molar-refractivity contribution in [3.63, 3.8) is 0 Å². The van der Waals surface area contributed by atoms with Crippen LogP contribution in [0.5, 0.6) is 0 Å². The summed E-state index contributed by atoms with van der Waals surface area (Å²) in [6.07, 6.45) is 1.53. The molecule has 0 spiro atoms. The first-order valence-corrected chi connectivity index (χ1v) is 5.82. The second-order valence-corrected chi connectivity index (χ2v) is 3.55. The fourth-order valence-electron chi connectivity index (χ4n) is 1.57. The highest BCUT2D eigenvalue weighted by molar-refractivity contribution is 5.74. The summed E-state index contributed by atoms with van der Waals surface area (Å²) >= 11 is 0. The fraction of sp³-hybridized carbons (Fsp3) is 0.636. The second kappa shape index (κ2) is 6.90. The predicted molar refractivity (Wildman–Crippen MR) is 70.4 cm³/mol. The molecule has 0 amide bonds. The third-order valence-electron chi connectivity index (χ3n) is 2.52. The minimum atomic E-state index is 0.590. The second-order valence-electron chi connectivity index (χ2n) is 3.55. The van der Waals surface area contributed by atoms with E-state index in [9.17, 15) is 0 Å². The Kier molecular flexibility index (Phi) is 5.48. The molecule has 0 radical (unpaired) electrons. The Morgan fingerprint density at radius 1 is 1.35 bits per heavy atom. The number of methoxy groups -OCH3 is 1. The molecule has 1 aromatic rings. The van der Waals surface area contributed by atoms with E-state index in [0.717, 1.165) is 18.9 Å². The highest BCUT2D eigenvalue weighted by atomic mass is 16.5. The molecule has 17 heavy (non-hydrogen) atoms. The number of nitrogens with one attached hydrogen (secondary N) is 1. The lowest BCUT2D eigenvalue weighted by atomic mass is 10.3. The molecule has 96 valence electrons. The Balaban J connectivity index is 2.82. The number of aromatic nitrogens is 2. The van der Waals surface area contributed by atoms with Crippen molar-refractivity contribution in [1.29, 1.82) is 0 Å². The first-order chi connectivity index (χ1) is 8.24. The van der Waals surface area contributed by atoms with Crippen molar-refractivity contribution in [2.45, 2.75) is 13.8 Å². The summed E-state index contributed by atoms with van der Waals surface area (Å²) in [5, 5.41) is 3.13. The van der Waals surface area contributed by atoms with Crippen molar-refractivity contribution in [3.05, 3.63) is 6.33 Å². The molecule has 0 saturated carbocycles. The predicted octanol–water partition coefficient (Wildman–Crippen LogP) is 0.963. The van der Waals surface area contributed by atoms with Gasteiger partial charge in [-0.2, -0.15) is 0 Å². The summed E-state index contributed by atoms with van der Waals surface area (Å²) in [6.45, 7) is 7.18. The highest BCUT2D eigenvalue weighted by Gasteiger charge is 2.11. The van der Waals surface area contributed by atoms with Crippen LogP contribution in [0.2, 0.25) is 0 Å². The van der Waals surface area contributed by atoms with Crippen LogP contribution < -0.4 is 16.0 Å². The minimum Gasteiger partial charge on any atom is -0.393 e. The Bertz CT molecular complexity index is 341. The number of rotatable bonds is 7. The van der Waals surface area contributed by atoms with Crippen LogP contribution in [-0.2, 0) is 4.74 Å². The zero-order chi connectivity index (χ0) is 12.7. The topological polar surface area (TPSA) is 76.3 Å². The SMILES string of the molecule is CCN(CC)c1ncnc(NCCOC)c1N. The minimum absolute atomic E-state index is 0.590. The molecule has 6 nitrogen and oxygen atoms in total. The van der Waals surface area contributed by atoms with Gasteiger partial charge in [-0.1, -0.05) is 0 Å². The number of hydrogen-bond acceptors (Lipinski definition) is 6. The summed E-state index contributed by atoms with van der Waals surface area (Å²) in [6, 6.07) is 0. The van der Waals surface area contributed by atoms with Crippen molar-refractivity contribution in [2.24, 2.45) is 0 Å². The van der Waals surface area contributed by atoms with E-state index < -0.39 is 0 Å². The smallest absolute Gasteiger partial charge is 0.157 e. The van der Waals surface area contributed by atoms with Crippen molar-refractivity contribution < 1.29 is 4.74 Å². The van der Waals surface area contributed by atoms with Crippen molar-refractivity contribution in [3.8, 4) is 0 Å². The number of nitrogens with two attached hydrogens (primary N) is 1. The number of hydrogen-bond donors (Lipinski definition) is 2. The number of nitrogens with zero attached hydrogens (tertiary/aromatic N) is 3. The van der Waals surface area contributed by atoms with Crippen LogP contribution in [0.1, 0.15) is 13.8 Å². The third-order valence-corrected chi connectivity index (χ3v) is 2.52. The van der Waals surface area contributed by atoms with Crippen LogP contribution in [0.3, 0.4) is 0 Å². The van der Waals surface area contributed by atoms with Gasteiger partial charge in [-0.25, -0.2) is 9.97 Å². The summed E-state index contributed by atoms with van der Waals surface area (Å²) < 4.78 is 4.97. The maximum atomic E-state index is 6.05. The van der Waals surface area contributed by atoms with Gasteiger partial charge < -0.3 is 20.7 Å². The van der Waals surface area contributed by atoms with E-state index in [2.05, 4.69) is 34.0 Å². The van der Waals surface area contributed by atoms with Crippen molar-refractivity contribution >= 4 is 17.3 Å². The van der Waals surface area contributed by atoms with E-state index in [1.807, 2.05) is 0 Å². The molecule has 0 unspecified atom stereocenters. The first-order valence-electron chi connectivity index (χ1n) is 5.82. The molecule has 1 heterocycles. The molecule has 3 N–H and O–H groups in total. The van der Waals surface area contributed by atoms with Crippen molar-refractivity contribution in [2.75, 3.05) is 49.3 Å². The van der Waals surface area contributed by atoms with Gasteiger partial charge >= 0.3 is 0 Å². The highest BCUT2D eigenvalue weighted by Crippen LogP contribution is 2.25. The van der Waals surface area contributed by atoms with Gasteiger partial charge in [0.2, 0.25) is 0 Å². The number of nitrogen functional groups attached to an aromatic ring is 1. The lowest BCUT2D eigenvalue weighted by Crippen LogP contribution is -2.25. The molecule has 1 rings (SSSR count). The normalized spacial score (nSPS) is 10.3. The molecule has 1 aromatic heterocycles. The molecular weight excluding hydrogens is 218 g/mol. The lowest BCUT2D eigenvalue weighted by Gasteiger charge is -2.22. The monoisotopic (exact) mass is 239 g/mol. The lowest BCUT2D eigenvalue weighted by molar-refractivity contribution is 0.210. The summed E-state index contributed by atoms with van der Waals surface area (Å²) in [4.78, 5) is 10.5. The largest absolute Gasteiger partial charge is 0.393 e. The molecule has 6 heteroatoms. The van der Waals surface area contributed by atoms with Crippen LogP contribution in [0, 0.1) is 0 Å². The van der Waals surface area contributed by atoms with Gasteiger partial charge in [0.25, 0.3) is 0 Å². The summed E-state index contributed by atoms with van der Waals surface area (Å²) in [5.41, 5.74) is 6.64. The average Bonchev–Trinajstić information content (AvgIpc) is 2.35. The zero-order valence-electron chi connectivity index (χ0n) is 10.7. The average molecular weight is 239 g/mol. The van der Waals surface area contributed by atoms with E-state index in [1.54, 1.807) is 7.11 Å². The van der Waals surface area contributed by atoms with E-state index in [1.165, 1.54) is 6.33 Å². The standard InChI is InChI=1S/C11H21N5O/c1-4-16(5-2)11-9(12)10(14-8-15-11)13-6-7-17-3/h8H,4-7,12H2,1-3H3,(H,13,14,15). The molecule has 0 fully saturated rings. The molecular formula is C11H21N5O. The summed E-state index contributed by atoms with van der Waals surface area (Å²) in [5.74, 6) is 1.45. The Hall–Kier alpha value is -1.56. The van der Waals surface area contributed by atoms with Crippen LogP contribution in [0.25, 0.3) is 0 Å². The van der Waals surface area contributed by atoms with Crippen LogP contribution in [0.4, 0.5) is 17.3 Å². The van der Waals surface area contributed by atoms with Crippen LogP contribution >= 0.6 is 0 Å². The van der Waals surface area contributed by atoms with Crippen LogP contribution in [-0.4, -0.2) is 43.3 Å². The van der Waals surface area contributed by atoms with Crippen molar-refractivity contribution in [1.82, 2.24) is 9.97 Å². The van der Waals surface area contributed by atoms with Gasteiger partial charge in [-0.15, -0.1) is 0 Å². The number of ether oxygens (including phenoxy) is 1. The molecule has 0 atom stereocenters. The quantitative estimate of drug-likeness (QED) is 0.690. The zero-order valence-corrected chi connectivity index (χ0v) is 10.7. The van der Waals surface area contributed by atoms with Crippen LogP contribution in [0.15, 0.2) is 6.33 Å². The van der Waals surface area contributed by atoms with Gasteiger partial charge in [-0.05, 0) is 13.8 Å². The third kappa shape index (κ3) is 3.45. The maximum Gasteiger partial charge on any atom is 0.157 e. The molecule has 0 aliphatic heterocycles. The molecule has 0 aliphatic carbocycles. The van der Waals surface area contributed by atoms with E-state index in [-0.39, 0.29) is 0 Å². The van der Waals surface area contributed by atoms with Gasteiger partial charge in [0, 0.05) is 26.7 Å². The first kappa shape index (κ1) is 13.5. The van der Waals surface area contributed by atoms with E-state index >= 15 is 0 Å². The Labute approximate surface area is 102 Å². The fourth-order valence-corrected chi connectivity index (χ4v) is 1.57. The van der Waals surface area contributed by atoms with Gasteiger partial charge in [0.15, 0.2) is 11.6 Å².